The van der Waals surface area contributed by atoms with Gasteiger partial charge in [0.25, 0.3) is 5.56 Å². The monoisotopic (exact) mass is 260 g/mol. The number of hydrogen-bond donors (Lipinski definition) is 1. The molecule has 94 valence electrons. The topological polar surface area (TPSA) is 73.3 Å². The second-order valence-electron chi connectivity index (χ2n) is 4.04. The van der Waals surface area contributed by atoms with E-state index in [-0.39, 0.29) is 11.7 Å². The van der Waals surface area contributed by atoms with Gasteiger partial charge >= 0.3 is 5.69 Å². The van der Waals surface area contributed by atoms with Crippen LogP contribution in [0.15, 0.2) is 15.7 Å². The van der Waals surface area contributed by atoms with Crippen molar-refractivity contribution in [1.29, 1.82) is 0 Å². The molecule has 0 amide bonds. The fourth-order valence-corrected chi connectivity index (χ4v) is 2.04. The molecule has 1 atom stereocenters. The van der Waals surface area contributed by atoms with Crippen molar-refractivity contribution < 1.29 is 9.47 Å². The molecule has 1 aromatic rings. The Balaban J connectivity index is 2.36. The molecule has 1 saturated heterocycles. The smallest absolute Gasteiger partial charge is 0.329 e. The number of H-pyrrole nitrogens is 1. The molecule has 0 saturated carbocycles. The van der Waals surface area contributed by atoms with Crippen LogP contribution in [0.2, 0.25) is 5.15 Å². The van der Waals surface area contributed by atoms with Gasteiger partial charge in [0.2, 0.25) is 0 Å². The lowest BCUT2D eigenvalue weighted by Gasteiger charge is -2.25. The molecule has 0 radical (unpaired) electrons. The van der Waals surface area contributed by atoms with Crippen molar-refractivity contribution in [3.63, 3.8) is 0 Å². The number of nitrogens with zero attached hydrogens (tertiary/aromatic N) is 1. The van der Waals surface area contributed by atoms with Crippen LogP contribution in [0.1, 0.15) is 6.42 Å². The highest BCUT2D eigenvalue weighted by Gasteiger charge is 2.36. The average molecular weight is 261 g/mol. The van der Waals surface area contributed by atoms with Gasteiger partial charge < -0.3 is 9.47 Å². The molecule has 2 heterocycles. The molecule has 0 spiro atoms. The lowest BCUT2D eigenvalue weighted by molar-refractivity contribution is -0.0309. The van der Waals surface area contributed by atoms with Crippen molar-refractivity contribution >= 4 is 11.6 Å². The first kappa shape index (κ1) is 12.3. The van der Waals surface area contributed by atoms with Gasteiger partial charge in [0.05, 0.1) is 13.2 Å². The maximum absolute atomic E-state index is 11.7. The van der Waals surface area contributed by atoms with Gasteiger partial charge in [0, 0.05) is 26.2 Å². The van der Waals surface area contributed by atoms with Crippen molar-refractivity contribution in [2.24, 2.45) is 0 Å². The third-order valence-electron chi connectivity index (χ3n) is 2.93. The second-order valence-corrected chi connectivity index (χ2v) is 4.44. The van der Waals surface area contributed by atoms with Gasteiger partial charge in [-0.1, -0.05) is 11.6 Å². The van der Waals surface area contributed by atoms with E-state index in [1.54, 1.807) is 7.11 Å². The zero-order chi connectivity index (χ0) is 12.5. The summed E-state index contributed by atoms with van der Waals surface area (Å²) in [6.45, 7) is 1.10. The fraction of sp³-hybridized carbons (Fsp3) is 0.600. The van der Waals surface area contributed by atoms with E-state index in [9.17, 15) is 9.59 Å². The molecule has 1 N–H and O–H groups in total. The normalized spacial score (nSPS) is 24.1. The van der Waals surface area contributed by atoms with Crippen LogP contribution in [-0.4, -0.2) is 35.5 Å². The van der Waals surface area contributed by atoms with Crippen LogP contribution in [0.3, 0.4) is 0 Å². The number of aromatic nitrogens is 2. The van der Waals surface area contributed by atoms with E-state index in [0.29, 0.717) is 19.6 Å². The first-order chi connectivity index (χ1) is 8.06. The van der Waals surface area contributed by atoms with Crippen LogP contribution in [0, 0.1) is 0 Å². The Labute approximate surface area is 102 Å². The fourth-order valence-electron chi connectivity index (χ4n) is 1.87. The predicted octanol–water partition coefficient (Wildman–Crippen LogP) is -0.00450. The Morgan fingerprint density at radius 2 is 2.41 bits per heavy atom. The van der Waals surface area contributed by atoms with Crippen LogP contribution in [-0.2, 0) is 16.0 Å². The zero-order valence-corrected chi connectivity index (χ0v) is 10.1. The molecule has 0 aliphatic carbocycles. The Morgan fingerprint density at radius 3 is 2.94 bits per heavy atom. The number of nitrogens with one attached hydrogen (secondary N) is 1. The van der Waals surface area contributed by atoms with E-state index in [4.69, 9.17) is 21.1 Å². The number of rotatable bonds is 3. The molecule has 0 aromatic carbocycles. The quantitative estimate of drug-likeness (QED) is 0.776. The van der Waals surface area contributed by atoms with Crippen molar-refractivity contribution in [2.45, 2.75) is 18.6 Å². The Kier molecular flexibility index (Phi) is 3.37. The van der Waals surface area contributed by atoms with Gasteiger partial charge in [-0.25, -0.2) is 4.79 Å². The Hall–Kier alpha value is -1.11. The number of aromatic amines is 1. The summed E-state index contributed by atoms with van der Waals surface area (Å²) in [5.74, 6) is 0. The molecule has 1 aliphatic rings. The van der Waals surface area contributed by atoms with Crippen LogP contribution in [0.25, 0.3) is 0 Å². The van der Waals surface area contributed by atoms with E-state index < -0.39 is 16.9 Å². The van der Waals surface area contributed by atoms with Crippen LogP contribution >= 0.6 is 11.6 Å². The molecular formula is C10H13ClN2O4. The van der Waals surface area contributed by atoms with Crippen molar-refractivity contribution in [3.8, 4) is 0 Å². The highest BCUT2D eigenvalue weighted by molar-refractivity contribution is 6.29. The largest absolute Gasteiger partial charge is 0.378 e. The summed E-state index contributed by atoms with van der Waals surface area (Å²) in [6, 6.07) is 1.17. The molecule has 2 rings (SSSR count). The van der Waals surface area contributed by atoms with Crippen LogP contribution in [0.5, 0.6) is 0 Å². The third-order valence-corrected chi connectivity index (χ3v) is 3.14. The number of ether oxygens (including phenoxy) is 2. The minimum absolute atomic E-state index is 0.0328. The van der Waals surface area contributed by atoms with Gasteiger partial charge in [-0.2, -0.15) is 0 Å². The van der Waals surface area contributed by atoms with Crippen LogP contribution < -0.4 is 11.2 Å². The Bertz CT molecular complexity index is 485. The molecule has 17 heavy (non-hydrogen) atoms. The predicted molar refractivity (Wildman–Crippen MR) is 61.5 cm³/mol. The molecular weight excluding hydrogens is 248 g/mol. The van der Waals surface area contributed by atoms with E-state index in [1.165, 1.54) is 6.07 Å². The molecule has 1 aliphatic heterocycles. The minimum atomic E-state index is -0.606. The molecule has 7 heteroatoms. The molecule has 0 bridgehead atoms. The minimum Gasteiger partial charge on any atom is -0.378 e. The zero-order valence-electron chi connectivity index (χ0n) is 9.36. The maximum atomic E-state index is 11.7. The van der Waals surface area contributed by atoms with Crippen molar-refractivity contribution in [1.82, 2.24) is 9.55 Å². The van der Waals surface area contributed by atoms with Gasteiger partial charge in [0.15, 0.2) is 0 Å². The lowest BCUT2D eigenvalue weighted by Crippen LogP contribution is -2.45. The summed E-state index contributed by atoms with van der Waals surface area (Å²) < 4.78 is 11.7. The highest BCUT2D eigenvalue weighted by atomic mass is 35.5. The van der Waals surface area contributed by atoms with E-state index in [1.807, 2.05) is 0 Å². The number of hydrogen-bond acceptors (Lipinski definition) is 4. The Morgan fingerprint density at radius 1 is 1.65 bits per heavy atom. The van der Waals surface area contributed by atoms with Crippen LogP contribution in [0.4, 0.5) is 0 Å². The van der Waals surface area contributed by atoms with Gasteiger partial charge in [-0.3, -0.25) is 14.3 Å². The number of halogens is 1. The summed E-state index contributed by atoms with van der Waals surface area (Å²) in [4.78, 5) is 25.7. The van der Waals surface area contributed by atoms with Crippen molar-refractivity contribution in [2.75, 3.05) is 20.3 Å². The highest BCUT2D eigenvalue weighted by Crippen LogP contribution is 2.23. The molecule has 1 unspecified atom stereocenters. The second kappa shape index (κ2) is 4.64. The molecule has 6 nitrogen and oxygen atoms in total. The summed E-state index contributed by atoms with van der Waals surface area (Å²) in [6.07, 6.45) is 0.651. The maximum Gasteiger partial charge on any atom is 0.329 e. The standard InChI is InChI=1S/C10H13ClN2O4/c1-16-10(2-3-17-6-10)5-13-8(14)4-7(11)12-9(13)15/h4H,2-3,5-6H2,1H3,(H,12,15). The SMILES string of the molecule is COC1(Cn2c(=O)cc(Cl)[nH]c2=O)CCOC1. The average Bonchev–Trinajstić information content (AvgIpc) is 2.73. The lowest BCUT2D eigenvalue weighted by atomic mass is 10.0. The summed E-state index contributed by atoms with van der Waals surface area (Å²) >= 11 is 5.58. The first-order valence-corrected chi connectivity index (χ1v) is 5.57. The summed E-state index contributed by atoms with van der Waals surface area (Å²) in [5.41, 5.74) is -1.59. The van der Waals surface area contributed by atoms with E-state index >= 15 is 0 Å². The van der Waals surface area contributed by atoms with Gasteiger partial charge in [-0.15, -0.1) is 0 Å². The van der Waals surface area contributed by atoms with E-state index in [2.05, 4.69) is 4.98 Å². The first-order valence-electron chi connectivity index (χ1n) is 5.19. The molecule has 1 fully saturated rings. The van der Waals surface area contributed by atoms with Gasteiger partial charge in [0.1, 0.15) is 10.8 Å². The van der Waals surface area contributed by atoms with Crippen molar-refractivity contribution in [3.05, 3.63) is 32.1 Å². The third kappa shape index (κ3) is 2.43. The number of methoxy groups -OCH3 is 1. The van der Waals surface area contributed by atoms with Gasteiger partial charge in [-0.05, 0) is 0 Å². The van der Waals surface area contributed by atoms with E-state index in [0.717, 1.165) is 4.57 Å². The summed E-state index contributed by atoms with van der Waals surface area (Å²) in [7, 11) is 1.55. The molecule has 1 aromatic heterocycles. The summed E-state index contributed by atoms with van der Waals surface area (Å²) in [5, 5.41) is 0.0328.